The molecule has 1 atom stereocenters. The van der Waals surface area contributed by atoms with Crippen molar-refractivity contribution < 1.29 is 14.3 Å². The molecular weight excluding hydrogens is 401 g/mol. The van der Waals surface area contributed by atoms with E-state index in [9.17, 15) is 14.3 Å². The van der Waals surface area contributed by atoms with Crippen LogP contribution in [0.4, 0.5) is 10.1 Å². The summed E-state index contributed by atoms with van der Waals surface area (Å²) >= 11 is 1.57. The van der Waals surface area contributed by atoms with Crippen LogP contribution in [-0.4, -0.2) is 48.6 Å². The quantitative estimate of drug-likeness (QED) is 0.633. The summed E-state index contributed by atoms with van der Waals surface area (Å²) in [5.41, 5.74) is 1.94. The molecule has 0 radical (unpaired) electrons. The normalized spacial score (nSPS) is 15.7. The topological polar surface area (TPSA) is 55.8 Å². The second-order valence-electron chi connectivity index (χ2n) is 7.35. The summed E-state index contributed by atoms with van der Waals surface area (Å²) in [7, 11) is 0. The number of phenols is 1. The molecule has 1 aliphatic heterocycles. The Kier molecular flexibility index (Phi) is 6.30. The van der Waals surface area contributed by atoms with E-state index in [1.165, 1.54) is 12.1 Å². The van der Waals surface area contributed by atoms with E-state index in [0.29, 0.717) is 6.54 Å². The van der Waals surface area contributed by atoms with Crippen molar-refractivity contribution >= 4 is 22.9 Å². The van der Waals surface area contributed by atoms with E-state index in [-0.39, 0.29) is 23.5 Å². The third-order valence-electron chi connectivity index (χ3n) is 5.29. The lowest BCUT2D eigenvalue weighted by Crippen LogP contribution is -2.49. The van der Waals surface area contributed by atoms with Crippen molar-refractivity contribution in [2.75, 3.05) is 37.6 Å². The molecule has 2 heterocycles. The Balaban J connectivity index is 1.35. The van der Waals surface area contributed by atoms with E-state index in [1.807, 2.05) is 29.6 Å². The number of carbonyl (C=O) groups is 1. The lowest BCUT2D eigenvalue weighted by molar-refractivity contribution is -0.122. The van der Waals surface area contributed by atoms with E-state index < -0.39 is 0 Å². The van der Waals surface area contributed by atoms with Crippen LogP contribution < -0.4 is 10.2 Å². The largest absolute Gasteiger partial charge is 0.508 e. The number of phenolic OH excluding ortho intramolecular Hbond substituents is 1. The first-order valence-electron chi connectivity index (χ1n) is 9.93. The molecule has 1 aromatic heterocycles. The van der Waals surface area contributed by atoms with Gasteiger partial charge in [-0.15, -0.1) is 11.3 Å². The van der Waals surface area contributed by atoms with Gasteiger partial charge in [0.25, 0.3) is 0 Å². The molecule has 2 aromatic carbocycles. The number of thiophene rings is 1. The SMILES string of the molecule is O=C(CN1CCN(c2ccc(O)cc2)CC1)N[C@@H](c1ccc(F)cc1)c1cccs1. The first-order chi connectivity index (χ1) is 14.6. The van der Waals surface area contributed by atoms with Crippen molar-refractivity contribution in [3.8, 4) is 5.75 Å². The summed E-state index contributed by atoms with van der Waals surface area (Å²) in [6.45, 7) is 3.55. The standard InChI is InChI=1S/C23H24FN3O2S/c24-18-5-3-17(4-6-18)23(21-2-1-15-30-21)25-22(29)16-26-11-13-27(14-12-26)19-7-9-20(28)10-8-19/h1-10,15,23,28H,11-14,16H2,(H,25,29)/t23-/m0/s1. The highest BCUT2D eigenvalue weighted by atomic mass is 32.1. The fourth-order valence-electron chi connectivity index (χ4n) is 3.67. The van der Waals surface area contributed by atoms with Crippen molar-refractivity contribution in [1.82, 2.24) is 10.2 Å². The number of benzene rings is 2. The number of hydrogen-bond acceptors (Lipinski definition) is 5. The van der Waals surface area contributed by atoms with Crippen LogP contribution in [0.3, 0.4) is 0 Å². The lowest BCUT2D eigenvalue weighted by atomic mass is 10.1. The number of anilines is 1. The minimum Gasteiger partial charge on any atom is -0.508 e. The molecule has 0 saturated carbocycles. The summed E-state index contributed by atoms with van der Waals surface area (Å²) in [6.07, 6.45) is 0. The van der Waals surface area contributed by atoms with Crippen molar-refractivity contribution in [1.29, 1.82) is 0 Å². The fourth-order valence-corrected chi connectivity index (χ4v) is 4.47. The maximum atomic E-state index is 13.3. The number of aromatic hydroxyl groups is 1. The van der Waals surface area contributed by atoms with Gasteiger partial charge in [0, 0.05) is 36.7 Å². The lowest BCUT2D eigenvalue weighted by Gasteiger charge is -2.36. The zero-order valence-corrected chi connectivity index (χ0v) is 17.3. The van der Waals surface area contributed by atoms with Gasteiger partial charge in [-0.1, -0.05) is 18.2 Å². The van der Waals surface area contributed by atoms with E-state index in [2.05, 4.69) is 15.1 Å². The summed E-state index contributed by atoms with van der Waals surface area (Å²) in [5.74, 6) is -0.0761. The van der Waals surface area contributed by atoms with Gasteiger partial charge in [-0.25, -0.2) is 4.39 Å². The van der Waals surface area contributed by atoms with Crippen LogP contribution in [0.2, 0.25) is 0 Å². The highest BCUT2D eigenvalue weighted by Crippen LogP contribution is 2.26. The first kappa shape index (κ1) is 20.4. The molecule has 30 heavy (non-hydrogen) atoms. The Bertz CT molecular complexity index is 953. The zero-order valence-electron chi connectivity index (χ0n) is 16.5. The molecule has 7 heteroatoms. The molecule has 1 aliphatic rings. The van der Waals surface area contributed by atoms with Gasteiger partial charge < -0.3 is 15.3 Å². The van der Waals surface area contributed by atoms with Crippen LogP contribution in [0.1, 0.15) is 16.5 Å². The highest BCUT2D eigenvalue weighted by Gasteiger charge is 2.22. The van der Waals surface area contributed by atoms with Crippen molar-refractivity contribution in [2.45, 2.75) is 6.04 Å². The third kappa shape index (κ3) is 4.98. The van der Waals surface area contributed by atoms with Gasteiger partial charge in [0.1, 0.15) is 11.6 Å². The van der Waals surface area contributed by atoms with E-state index in [0.717, 1.165) is 42.3 Å². The Morgan fingerprint density at radius 1 is 1.03 bits per heavy atom. The Morgan fingerprint density at radius 3 is 2.37 bits per heavy atom. The fraction of sp³-hybridized carbons (Fsp3) is 0.261. The molecule has 1 saturated heterocycles. The summed E-state index contributed by atoms with van der Waals surface area (Å²) < 4.78 is 13.3. The molecule has 0 unspecified atom stereocenters. The number of hydrogen-bond donors (Lipinski definition) is 2. The van der Waals surface area contributed by atoms with Gasteiger partial charge in [-0.05, 0) is 53.4 Å². The Labute approximate surface area is 179 Å². The number of nitrogens with one attached hydrogen (secondary N) is 1. The Morgan fingerprint density at radius 2 is 1.73 bits per heavy atom. The third-order valence-corrected chi connectivity index (χ3v) is 6.23. The minimum atomic E-state index is -0.290. The van der Waals surface area contributed by atoms with Crippen molar-refractivity contribution in [2.24, 2.45) is 0 Å². The number of halogens is 1. The number of nitrogens with zero attached hydrogens (tertiary/aromatic N) is 2. The van der Waals surface area contributed by atoms with Gasteiger partial charge >= 0.3 is 0 Å². The Hall–Kier alpha value is -2.90. The van der Waals surface area contributed by atoms with Crippen molar-refractivity contribution in [3.05, 3.63) is 82.3 Å². The first-order valence-corrected chi connectivity index (χ1v) is 10.8. The number of piperazine rings is 1. The molecule has 0 aliphatic carbocycles. The average molecular weight is 426 g/mol. The van der Waals surface area contributed by atoms with E-state index >= 15 is 0 Å². The molecule has 5 nitrogen and oxygen atoms in total. The molecule has 2 N–H and O–H groups in total. The van der Waals surface area contributed by atoms with Gasteiger partial charge in [-0.2, -0.15) is 0 Å². The van der Waals surface area contributed by atoms with Crippen molar-refractivity contribution in [3.63, 3.8) is 0 Å². The summed E-state index contributed by atoms with van der Waals surface area (Å²) in [5, 5.41) is 14.5. The maximum Gasteiger partial charge on any atom is 0.234 e. The summed E-state index contributed by atoms with van der Waals surface area (Å²) in [4.78, 5) is 18.2. The minimum absolute atomic E-state index is 0.0455. The highest BCUT2D eigenvalue weighted by molar-refractivity contribution is 7.10. The number of carbonyl (C=O) groups excluding carboxylic acids is 1. The van der Waals surface area contributed by atoms with Crippen LogP contribution in [0, 0.1) is 5.82 Å². The average Bonchev–Trinajstić information content (AvgIpc) is 3.29. The van der Waals surface area contributed by atoms with Crippen LogP contribution >= 0.6 is 11.3 Å². The van der Waals surface area contributed by atoms with E-state index in [1.54, 1.807) is 35.6 Å². The predicted octanol–water partition coefficient (Wildman–Crippen LogP) is 3.62. The number of amides is 1. The van der Waals surface area contributed by atoms with Gasteiger partial charge in [0.05, 0.1) is 12.6 Å². The second-order valence-corrected chi connectivity index (χ2v) is 8.33. The molecule has 156 valence electrons. The second kappa shape index (κ2) is 9.28. The van der Waals surface area contributed by atoms with Crippen LogP contribution in [0.15, 0.2) is 66.0 Å². The van der Waals surface area contributed by atoms with E-state index in [4.69, 9.17) is 0 Å². The molecular formula is C23H24FN3O2S. The molecule has 1 amide bonds. The molecule has 3 aromatic rings. The van der Waals surface area contributed by atoms with Crippen LogP contribution in [0.25, 0.3) is 0 Å². The van der Waals surface area contributed by atoms with Gasteiger partial charge in [0.2, 0.25) is 5.91 Å². The maximum absolute atomic E-state index is 13.3. The smallest absolute Gasteiger partial charge is 0.234 e. The molecule has 0 bridgehead atoms. The number of rotatable bonds is 6. The van der Waals surface area contributed by atoms with Gasteiger partial charge in [-0.3, -0.25) is 9.69 Å². The predicted molar refractivity (Wildman–Crippen MR) is 117 cm³/mol. The van der Waals surface area contributed by atoms with Crippen LogP contribution in [-0.2, 0) is 4.79 Å². The zero-order chi connectivity index (χ0) is 20.9. The summed E-state index contributed by atoms with van der Waals surface area (Å²) in [6, 6.07) is 17.1. The monoisotopic (exact) mass is 425 g/mol. The molecule has 1 fully saturated rings. The van der Waals surface area contributed by atoms with Gasteiger partial charge in [0.15, 0.2) is 0 Å². The molecule has 4 rings (SSSR count). The molecule has 0 spiro atoms. The van der Waals surface area contributed by atoms with Crippen LogP contribution in [0.5, 0.6) is 5.75 Å².